The minimum absolute atomic E-state index is 0.198. The summed E-state index contributed by atoms with van der Waals surface area (Å²) in [5, 5.41) is 7.90. The van der Waals surface area contributed by atoms with E-state index in [0.29, 0.717) is 16.7 Å². The Morgan fingerprint density at radius 2 is 1.65 bits per heavy atom. The number of carbonyl (C=O) groups is 1. The van der Waals surface area contributed by atoms with Crippen LogP contribution in [0.15, 0.2) is 18.2 Å². The minimum Gasteiger partial charge on any atom is -0.507 e. The zero-order chi connectivity index (χ0) is 15.7. The first-order valence-electron chi connectivity index (χ1n) is 6.05. The van der Waals surface area contributed by atoms with Crippen LogP contribution in [0.1, 0.15) is 30.5 Å². The van der Waals surface area contributed by atoms with Crippen LogP contribution in [0, 0.1) is 13.8 Å². The molecule has 1 aromatic carbocycles. The van der Waals surface area contributed by atoms with Crippen LogP contribution in [-0.2, 0) is 9.36 Å². The number of carbonyl (C=O) groups excluding carboxylic acids is 1. The molecule has 0 aliphatic rings. The fraction of sp³-hybridized carbons (Fsp3) is 0.357. The van der Waals surface area contributed by atoms with E-state index < -0.39 is 18.5 Å². The molecule has 0 saturated heterocycles. The summed E-state index contributed by atoms with van der Waals surface area (Å²) in [6.07, 6.45) is 2.64. The molecule has 20 heavy (non-hydrogen) atoms. The average molecular weight is 298 g/mol. The van der Waals surface area contributed by atoms with Gasteiger partial charge in [0.15, 0.2) is 5.78 Å². The van der Waals surface area contributed by atoms with Gasteiger partial charge in [0.25, 0.3) is 0 Å². The Morgan fingerprint density at radius 1 is 1.20 bits per heavy atom. The third-order valence-corrected chi connectivity index (χ3v) is 4.95. The van der Waals surface area contributed by atoms with Crippen LogP contribution in [-0.4, -0.2) is 25.8 Å². The highest BCUT2D eigenvalue weighted by molar-refractivity contribution is 7.54. The van der Waals surface area contributed by atoms with Crippen molar-refractivity contribution in [2.45, 2.75) is 32.9 Å². The number of hydrogen-bond donors (Lipinski definition) is 3. The molecule has 0 atom stereocenters. The normalized spacial score (nSPS) is 12.9. The number of hydrogen-bond acceptors (Lipinski definition) is 3. The van der Waals surface area contributed by atoms with Crippen molar-refractivity contribution in [1.29, 1.82) is 0 Å². The lowest BCUT2D eigenvalue weighted by Crippen LogP contribution is -2.29. The van der Waals surface area contributed by atoms with E-state index in [2.05, 4.69) is 0 Å². The van der Waals surface area contributed by atoms with Gasteiger partial charge in [-0.3, -0.25) is 9.36 Å². The first-order valence-corrected chi connectivity index (χ1v) is 7.66. The Bertz CT molecular complexity index is 587. The van der Waals surface area contributed by atoms with E-state index in [1.165, 1.54) is 19.9 Å². The zero-order valence-electron chi connectivity index (χ0n) is 11.9. The summed E-state index contributed by atoms with van der Waals surface area (Å²) in [6, 6.07) is 3.38. The highest BCUT2D eigenvalue weighted by Crippen LogP contribution is 2.50. The van der Waals surface area contributed by atoms with Gasteiger partial charge in [-0.2, -0.15) is 0 Å². The van der Waals surface area contributed by atoms with Crippen molar-refractivity contribution in [1.82, 2.24) is 0 Å². The standard InChI is InChI=1S/C14H19O5P/c1-9-7-11(8-10(2)13(9)16)5-6-12(15)14(3,4)20(17,18)19/h5-8,16H,1-4H3,(H2,17,18,19)/b6-5+. The molecule has 110 valence electrons. The molecule has 0 heterocycles. The molecule has 0 fully saturated rings. The van der Waals surface area contributed by atoms with Crippen LogP contribution in [0.5, 0.6) is 5.75 Å². The van der Waals surface area contributed by atoms with E-state index in [9.17, 15) is 14.5 Å². The molecule has 0 bridgehead atoms. The molecule has 0 saturated carbocycles. The molecule has 0 amide bonds. The maximum absolute atomic E-state index is 11.9. The van der Waals surface area contributed by atoms with Gasteiger partial charge in [0.05, 0.1) is 0 Å². The number of ketones is 1. The van der Waals surface area contributed by atoms with Crippen molar-refractivity contribution < 1.29 is 24.3 Å². The van der Waals surface area contributed by atoms with E-state index in [-0.39, 0.29) is 5.75 Å². The molecular weight excluding hydrogens is 279 g/mol. The predicted molar refractivity (Wildman–Crippen MR) is 77.7 cm³/mol. The molecular formula is C14H19O5P. The fourth-order valence-electron chi connectivity index (χ4n) is 1.61. The van der Waals surface area contributed by atoms with Gasteiger partial charge in [0, 0.05) is 0 Å². The van der Waals surface area contributed by atoms with Crippen LogP contribution < -0.4 is 0 Å². The van der Waals surface area contributed by atoms with E-state index in [4.69, 9.17) is 9.79 Å². The van der Waals surface area contributed by atoms with Crippen molar-refractivity contribution >= 4 is 19.5 Å². The number of aromatic hydroxyl groups is 1. The van der Waals surface area contributed by atoms with Gasteiger partial charge in [-0.1, -0.05) is 6.08 Å². The Morgan fingerprint density at radius 3 is 2.05 bits per heavy atom. The summed E-state index contributed by atoms with van der Waals surface area (Å²) in [5.41, 5.74) is 2.03. The topological polar surface area (TPSA) is 94.8 Å². The fourth-order valence-corrected chi connectivity index (χ4v) is 1.97. The molecule has 5 nitrogen and oxygen atoms in total. The van der Waals surface area contributed by atoms with Crippen molar-refractivity contribution in [3.05, 3.63) is 34.9 Å². The lowest BCUT2D eigenvalue weighted by Gasteiger charge is -2.22. The molecule has 0 unspecified atom stereocenters. The van der Waals surface area contributed by atoms with Gasteiger partial charge < -0.3 is 14.9 Å². The molecule has 6 heteroatoms. The smallest absolute Gasteiger partial charge is 0.338 e. The second kappa shape index (κ2) is 5.52. The monoisotopic (exact) mass is 298 g/mol. The largest absolute Gasteiger partial charge is 0.507 e. The van der Waals surface area contributed by atoms with Crippen LogP contribution in [0.3, 0.4) is 0 Å². The van der Waals surface area contributed by atoms with E-state index >= 15 is 0 Å². The number of aryl methyl sites for hydroxylation is 2. The second-order valence-electron chi connectivity index (χ2n) is 5.30. The van der Waals surface area contributed by atoms with Crippen molar-refractivity contribution in [3.8, 4) is 5.75 Å². The number of rotatable bonds is 4. The van der Waals surface area contributed by atoms with Crippen LogP contribution in [0.2, 0.25) is 0 Å². The van der Waals surface area contributed by atoms with Crippen LogP contribution in [0.4, 0.5) is 0 Å². The Balaban J connectivity index is 3.05. The first-order chi connectivity index (χ1) is 8.96. The zero-order valence-corrected chi connectivity index (χ0v) is 12.8. The average Bonchev–Trinajstić information content (AvgIpc) is 2.31. The highest BCUT2D eigenvalue weighted by atomic mass is 31.2. The van der Waals surface area contributed by atoms with Gasteiger partial charge in [0.2, 0.25) is 0 Å². The van der Waals surface area contributed by atoms with Crippen molar-refractivity contribution in [2.24, 2.45) is 0 Å². The lowest BCUT2D eigenvalue weighted by atomic mass is 10.0. The number of phenols is 1. The number of allylic oxidation sites excluding steroid dienone is 1. The maximum Gasteiger partial charge on any atom is 0.338 e. The number of phenolic OH excluding ortho intramolecular Hbond substituents is 1. The van der Waals surface area contributed by atoms with Gasteiger partial charge >= 0.3 is 7.60 Å². The highest BCUT2D eigenvalue weighted by Gasteiger charge is 2.43. The number of benzene rings is 1. The van der Waals surface area contributed by atoms with Gasteiger partial charge in [-0.15, -0.1) is 0 Å². The summed E-state index contributed by atoms with van der Waals surface area (Å²) in [5.74, 6) is -0.446. The second-order valence-corrected chi connectivity index (χ2v) is 7.51. The molecule has 1 rings (SSSR count). The maximum atomic E-state index is 11.9. The minimum atomic E-state index is -4.51. The molecule has 0 aliphatic carbocycles. The first kappa shape index (κ1) is 16.6. The van der Waals surface area contributed by atoms with E-state index in [1.54, 1.807) is 26.0 Å². The summed E-state index contributed by atoms with van der Waals surface area (Å²) in [7, 11) is -4.51. The molecule has 1 aromatic rings. The van der Waals surface area contributed by atoms with Crippen LogP contribution in [0.25, 0.3) is 6.08 Å². The van der Waals surface area contributed by atoms with Gasteiger partial charge in [-0.25, -0.2) is 0 Å². The molecule has 3 N–H and O–H groups in total. The third-order valence-electron chi connectivity index (χ3n) is 3.27. The summed E-state index contributed by atoms with van der Waals surface area (Å²) < 4.78 is 11.3. The van der Waals surface area contributed by atoms with Crippen molar-refractivity contribution in [2.75, 3.05) is 0 Å². The van der Waals surface area contributed by atoms with Gasteiger partial charge in [-0.05, 0) is 62.6 Å². The van der Waals surface area contributed by atoms with Gasteiger partial charge in [0.1, 0.15) is 10.9 Å². The quantitative estimate of drug-likeness (QED) is 0.586. The van der Waals surface area contributed by atoms with Crippen LogP contribution >= 0.6 is 7.60 Å². The predicted octanol–water partition coefficient (Wildman–Crippen LogP) is 2.55. The summed E-state index contributed by atoms with van der Waals surface area (Å²) in [6.45, 7) is 5.91. The lowest BCUT2D eigenvalue weighted by molar-refractivity contribution is -0.116. The SMILES string of the molecule is Cc1cc(/C=C/C(=O)C(C)(C)P(=O)(O)O)cc(C)c1O. The molecule has 0 spiro atoms. The van der Waals surface area contributed by atoms with Crippen molar-refractivity contribution in [3.63, 3.8) is 0 Å². The molecule has 0 aliphatic heterocycles. The van der Waals surface area contributed by atoms with E-state index in [1.807, 2.05) is 0 Å². The summed E-state index contributed by atoms with van der Waals surface area (Å²) >= 11 is 0. The molecule has 0 radical (unpaired) electrons. The summed E-state index contributed by atoms with van der Waals surface area (Å²) in [4.78, 5) is 30.2. The Kier molecular flexibility index (Phi) is 4.59. The Labute approximate surface area is 118 Å². The van der Waals surface area contributed by atoms with E-state index in [0.717, 1.165) is 6.08 Å². The third kappa shape index (κ3) is 3.37. The molecule has 0 aromatic heterocycles. The Hall–Kier alpha value is -1.42.